The lowest BCUT2D eigenvalue weighted by Crippen LogP contribution is -2.36. The van der Waals surface area contributed by atoms with E-state index in [-0.39, 0.29) is 47.8 Å². The van der Waals surface area contributed by atoms with E-state index in [4.69, 9.17) is 26.3 Å². The van der Waals surface area contributed by atoms with E-state index in [2.05, 4.69) is 18.0 Å². The third-order valence-corrected chi connectivity index (χ3v) is 5.40. The second kappa shape index (κ2) is 9.14. The van der Waals surface area contributed by atoms with E-state index in [9.17, 15) is 14.0 Å². The highest BCUT2D eigenvalue weighted by Gasteiger charge is 2.43. The van der Waals surface area contributed by atoms with Gasteiger partial charge in [0.25, 0.3) is 5.91 Å². The van der Waals surface area contributed by atoms with Gasteiger partial charge in [0.15, 0.2) is 6.61 Å². The molecule has 1 heterocycles. The molecule has 154 valence electrons. The van der Waals surface area contributed by atoms with Crippen molar-refractivity contribution >= 4 is 23.6 Å². The number of nitriles is 1. The molecule has 2 fully saturated rings. The number of hydrogen-bond acceptors (Lipinski definition) is 5. The standard InChI is InChI=1S/C20H21ClFN3O4/c1-12(25-10-18(29-20(25)27)14-6-13(7-14)9-23)4-5-24-19(26)11-28-15-2-3-16(21)17(22)8-15/h2-3,8,13-14,18H,1,4-7,10-11H2,(H,24,26)/t13?,14?,18-/m0/s1. The molecule has 1 aliphatic heterocycles. The number of amides is 2. The molecule has 1 N–H and O–H groups in total. The van der Waals surface area contributed by atoms with Crippen molar-refractivity contribution in [1.29, 1.82) is 5.26 Å². The number of nitrogens with one attached hydrogen (secondary N) is 1. The SMILES string of the molecule is C=C(CCNC(=O)COc1ccc(Cl)c(F)c1)N1C[C@@H](C2CC(C#N)C2)OC1=O. The molecule has 0 bridgehead atoms. The first-order valence-electron chi connectivity index (χ1n) is 9.27. The van der Waals surface area contributed by atoms with Crippen LogP contribution in [0.25, 0.3) is 0 Å². The van der Waals surface area contributed by atoms with Gasteiger partial charge in [0.05, 0.1) is 17.6 Å². The molecule has 1 atom stereocenters. The third-order valence-electron chi connectivity index (χ3n) is 5.10. The predicted molar refractivity (Wildman–Crippen MR) is 102 cm³/mol. The van der Waals surface area contributed by atoms with Crippen molar-refractivity contribution in [2.75, 3.05) is 19.7 Å². The second-order valence-electron chi connectivity index (χ2n) is 7.12. The molecule has 1 aliphatic carbocycles. The van der Waals surface area contributed by atoms with Crippen LogP contribution in [-0.4, -0.2) is 42.7 Å². The van der Waals surface area contributed by atoms with Gasteiger partial charge in [-0.05, 0) is 25.0 Å². The van der Waals surface area contributed by atoms with Crippen molar-refractivity contribution < 1.29 is 23.5 Å². The van der Waals surface area contributed by atoms with Crippen LogP contribution < -0.4 is 10.1 Å². The fraction of sp³-hybridized carbons (Fsp3) is 0.450. The van der Waals surface area contributed by atoms with E-state index < -0.39 is 11.9 Å². The molecular formula is C20H21ClFN3O4. The Morgan fingerprint density at radius 2 is 2.24 bits per heavy atom. The maximum absolute atomic E-state index is 13.3. The van der Waals surface area contributed by atoms with Crippen molar-refractivity contribution in [3.8, 4) is 11.8 Å². The molecule has 1 saturated carbocycles. The zero-order chi connectivity index (χ0) is 21.0. The number of benzene rings is 1. The molecule has 1 aromatic rings. The lowest BCUT2D eigenvalue weighted by Gasteiger charge is -2.33. The first kappa shape index (κ1) is 20.9. The number of carbonyl (C=O) groups excluding carboxylic acids is 2. The number of carbonyl (C=O) groups is 2. The van der Waals surface area contributed by atoms with Crippen LogP contribution in [0.15, 0.2) is 30.5 Å². The Bertz CT molecular complexity index is 851. The van der Waals surface area contributed by atoms with E-state index in [1.165, 1.54) is 17.0 Å². The molecular weight excluding hydrogens is 401 g/mol. The fourth-order valence-electron chi connectivity index (χ4n) is 3.31. The summed E-state index contributed by atoms with van der Waals surface area (Å²) in [6.07, 6.45) is 1.21. The summed E-state index contributed by atoms with van der Waals surface area (Å²) in [6.45, 7) is 4.31. The van der Waals surface area contributed by atoms with Crippen LogP contribution in [-0.2, 0) is 9.53 Å². The van der Waals surface area contributed by atoms with Gasteiger partial charge < -0.3 is 14.8 Å². The first-order valence-corrected chi connectivity index (χ1v) is 9.65. The van der Waals surface area contributed by atoms with Crippen LogP contribution in [0.2, 0.25) is 5.02 Å². The van der Waals surface area contributed by atoms with Gasteiger partial charge in [-0.3, -0.25) is 9.69 Å². The van der Waals surface area contributed by atoms with Crippen LogP contribution in [0.5, 0.6) is 5.75 Å². The molecule has 1 saturated heterocycles. The second-order valence-corrected chi connectivity index (χ2v) is 7.53. The van der Waals surface area contributed by atoms with Crippen LogP contribution in [0, 0.1) is 29.0 Å². The van der Waals surface area contributed by atoms with Gasteiger partial charge in [0.1, 0.15) is 17.7 Å². The zero-order valence-electron chi connectivity index (χ0n) is 15.7. The summed E-state index contributed by atoms with van der Waals surface area (Å²) in [5.41, 5.74) is 0.551. The molecule has 0 radical (unpaired) electrons. The topological polar surface area (TPSA) is 91.7 Å². The summed E-state index contributed by atoms with van der Waals surface area (Å²) in [5.74, 6) is -0.533. The first-order chi connectivity index (χ1) is 13.9. The minimum absolute atomic E-state index is 0.0230. The third kappa shape index (κ3) is 5.18. The Morgan fingerprint density at radius 3 is 2.93 bits per heavy atom. The van der Waals surface area contributed by atoms with Gasteiger partial charge in [-0.1, -0.05) is 18.2 Å². The molecule has 0 aromatic heterocycles. The predicted octanol–water partition coefficient (Wildman–Crippen LogP) is 3.25. The number of ether oxygens (including phenoxy) is 2. The molecule has 1 aromatic carbocycles. The quantitative estimate of drug-likeness (QED) is 0.695. The van der Waals surface area contributed by atoms with Gasteiger partial charge in [-0.2, -0.15) is 5.26 Å². The highest BCUT2D eigenvalue weighted by molar-refractivity contribution is 6.30. The molecule has 29 heavy (non-hydrogen) atoms. The highest BCUT2D eigenvalue weighted by atomic mass is 35.5. The maximum atomic E-state index is 13.3. The number of rotatable bonds is 8. The van der Waals surface area contributed by atoms with E-state index in [0.29, 0.717) is 18.7 Å². The molecule has 3 rings (SSSR count). The van der Waals surface area contributed by atoms with Crippen LogP contribution in [0.3, 0.4) is 0 Å². The van der Waals surface area contributed by atoms with E-state index >= 15 is 0 Å². The van der Waals surface area contributed by atoms with Gasteiger partial charge >= 0.3 is 6.09 Å². The van der Waals surface area contributed by atoms with Crippen molar-refractivity contribution in [3.63, 3.8) is 0 Å². The summed E-state index contributed by atoms with van der Waals surface area (Å²) in [4.78, 5) is 25.4. The number of nitrogens with zero attached hydrogens (tertiary/aromatic N) is 2. The van der Waals surface area contributed by atoms with Crippen LogP contribution >= 0.6 is 11.6 Å². The molecule has 0 unspecified atom stereocenters. The van der Waals surface area contributed by atoms with Gasteiger partial charge in [0, 0.05) is 36.6 Å². The van der Waals surface area contributed by atoms with Crippen molar-refractivity contribution in [2.24, 2.45) is 11.8 Å². The summed E-state index contributed by atoms with van der Waals surface area (Å²) >= 11 is 5.59. The lowest BCUT2D eigenvalue weighted by molar-refractivity contribution is -0.123. The van der Waals surface area contributed by atoms with E-state index in [1.54, 1.807) is 0 Å². The Morgan fingerprint density at radius 1 is 1.48 bits per heavy atom. The highest BCUT2D eigenvalue weighted by Crippen LogP contribution is 2.39. The minimum Gasteiger partial charge on any atom is -0.484 e. The largest absolute Gasteiger partial charge is 0.484 e. The van der Waals surface area contributed by atoms with E-state index in [0.717, 1.165) is 18.9 Å². The zero-order valence-corrected chi connectivity index (χ0v) is 16.5. The number of hydrogen-bond donors (Lipinski definition) is 1. The Labute approximate surface area is 173 Å². The summed E-state index contributed by atoms with van der Waals surface area (Å²) in [5, 5.41) is 11.5. The summed E-state index contributed by atoms with van der Waals surface area (Å²) in [6, 6.07) is 6.14. The van der Waals surface area contributed by atoms with Gasteiger partial charge in [-0.15, -0.1) is 0 Å². The molecule has 9 heteroatoms. The lowest BCUT2D eigenvalue weighted by atomic mass is 9.73. The number of halogens is 2. The molecule has 0 spiro atoms. The molecule has 7 nitrogen and oxygen atoms in total. The Kier molecular flexibility index (Phi) is 6.60. The molecule has 2 aliphatic rings. The molecule has 2 amide bonds. The van der Waals surface area contributed by atoms with Gasteiger partial charge in [0.2, 0.25) is 0 Å². The fourth-order valence-corrected chi connectivity index (χ4v) is 3.42. The smallest absolute Gasteiger partial charge is 0.414 e. The normalized spacial score (nSPS) is 23.0. The monoisotopic (exact) mass is 421 g/mol. The minimum atomic E-state index is -0.623. The summed E-state index contributed by atoms with van der Waals surface area (Å²) < 4.78 is 23.9. The van der Waals surface area contributed by atoms with Crippen LogP contribution in [0.4, 0.5) is 9.18 Å². The van der Waals surface area contributed by atoms with Crippen molar-refractivity contribution in [3.05, 3.63) is 41.3 Å². The van der Waals surface area contributed by atoms with Crippen molar-refractivity contribution in [2.45, 2.75) is 25.4 Å². The summed E-state index contributed by atoms with van der Waals surface area (Å²) in [7, 11) is 0. The Balaban J connectivity index is 1.36. The van der Waals surface area contributed by atoms with Gasteiger partial charge in [-0.25, -0.2) is 9.18 Å². The van der Waals surface area contributed by atoms with Crippen LogP contribution in [0.1, 0.15) is 19.3 Å². The maximum Gasteiger partial charge on any atom is 0.414 e. The van der Waals surface area contributed by atoms with Crippen molar-refractivity contribution in [1.82, 2.24) is 10.2 Å². The van der Waals surface area contributed by atoms with E-state index in [1.807, 2.05) is 0 Å². The average Bonchev–Trinajstić information content (AvgIpc) is 3.03. The Hall–Kier alpha value is -2.79. The number of cyclic esters (lactones) is 1. The average molecular weight is 422 g/mol.